The lowest BCUT2D eigenvalue weighted by molar-refractivity contribution is 0.103. The number of rotatable bonds is 2. The Morgan fingerprint density at radius 1 is 1.69 bits per heavy atom. The van der Waals surface area contributed by atoms with Crippen LogP contribution in [0.2, 0.25) is 0 Å². The molecule has 1 fully saturated rings. The number of carbonyl (C=O) groups is 1. The molecule has 1 aliphatic heterocycles. The summed E-state index contributed by atoms with van der Waals surface area (Å²) in [5, 5.41) is 10.4. The maximum atomic E-state index is 10.5. The van der Waals surface area contributed by atoms with Crippen LogP contribution >= 0.6 is 0 Å². The van der Waals surface area contributed by atoms with E-state index in [1.165, 1.54) is 4.90 Å². The maximum Gasteiger partial charge on any atom is 0.407 e. The van der Waals surface area contributed by atoms with Crippen LogP contribution in [0.3, 0.4) is 0 Å². The summed E-state index contributed by atoms with van der Waals surface area (Å²) in [4.78, 5) is 11.8. The van der Waals surface area contributed by atoms with Gasteiger partial charge in [0.15, 0.2) is 0 Å². The molecule has 0 saturated carbocycles. The third-order valence-electron chi connectivity index (χ3n) is 2.48. The fourth-order valence-corrected chi connectivity index (χ4v) is 1.61. The molecule has 3 N–H and O–H groups in total. The Bertz CT molecular complexity index is 186. The van der Waals surface area contributed by atoms with Gasteiger partial charge in [0.2, 0.25) is 0 Å². The van der Waals surface area contributed by atoms with Gasteiger partial charge in [0, 0.05) is 26.2 Å². The minimum Gasteiger partial charge on any atom is -0.465 e. The second-order valence-electron chi connectivity index (χ2n) is 3.55. The van der Waals surface area contributed by atoms with Crippen LogP contribution in [0.4, 0.5) is 4.79 Å². The summed E-state index contributed by atoms with van der Waals surface area (Å²) in [6.07, 6.45) is 2.36. The third kappa shape index (κ3) is 2.86. The van der Waals surface area contributed by atoms with Gasteiger partial charge in [-0.15, -0.1) is 0 Å². The van der Waals surface area contributed by atoms with Gasteiger partial charge >= 0.3 is 6.09 Å². The average molecular weight is 187 g/mol. The zero-order valence-corrected chi connectivity index (χ0v) is 7.94. The highest BCUT2D eigenvalue weighted by molar-refractivity contribution is 5.64. The second kappa shape index (κ2) is 4.43. The molecule has 1 heterocycles. The first-order valence-corrected chi connectivity index (χ1v) is 4.56. The van der Waals surface area contributed by atoms with Gasteiger partial charge < -0.3 is 10.0 Å². The summed E-state index contributed by atoms with van der Waals surface area (Å²) in [5.41, 5.74) is 0. The predicted octanol–water partition coefficient (Wildman–Crippen LogP) is 0.324. The van der Waals surface area contributed by atoms with Crippen molar-refractivity contribution in [2.75, 3.05) is 20.1 Å². The molecule has 76 valence electrons. The average Bonchev–Trinajstić information content (AvgIpc) is 2.08. The van der Waals surface area contributed by atoms with Gasteiger partial charge in [-0.3, -0.25) is 5.84 Å². The van der Waals surface area contributed by atoms with Gasteiger partial charge in [-0.25, -0.2) is 9.80 Å². The SMILES string of the molecule is CN(CC1CCCCN1N)C(=O)O. The lowest BCUT2D eigenvalue weighted by Crippen LogP contribution is -2.50. The van der Waals surface area contributed by atoms with Crippen molar-refractivity contribution in [3.63, 3.8) is 0 Å². The number of hydrogen-bond donors (Lipinski definition) is 2. The molecule has 0 aliphatic carbocycles. The molecule has 0 radical (unpaired) electrons. The summed E-state index contributed by atoms with van der Waals surface area (Å²) in [6, 6.07) is 0.190. The van der Waals surface area contributed by atoms with Crippen molar-refractivity contribution >= 4 is 6.09 Å². The molecular weight excluding hydrogens is 170 g/mol. The predicted molar refractivity (Wildman–Crippen MR) is 49.2 cm³/mol. The molecule has 0 aromatic carbocycles. The highest BCUT2D eigenvalue weighted by Gasteiger charge is 2.22. The molecule has 0 aromatic rings. The van der Waals surface area contributed by atoms with E-state index >= 15 is 0 Å². The summed E-state index contributed by atoms with van der Waals surface area (Å²) in [6.45, 7) is 1.38. The number of nitrogens with zero attached hydrogens (tertiary/aromatic N) is 2. The molecule has 13 heavy (non-hydrogen) atoms. The molecular formula is C8H17N3O2. The zero-order valence-electron chi connectivity index (χ0n) is 7.94. The van der Waals surface area contributed by atoms with E-state index in [0.717, 1.165) is 25.8 Å². The molecule has 5 nitrogen and oxygen atoms in total. The summed E-state index contributed by atoms with van der Waals surface area (Å²) in [7, 11) is 1.57. The van der Waals surface area contributed by atoms with E-state index in [2.05, 4.69) is 0 Å². The normalized spacial score (nSPS) is 24.3. The molecule has 1 rings (SSSR count). The van der Waals surface area contributed by atoms with Crippen molar-refractivity contribution in [3.8, 4) is 0 Å². The fraction of sp³-hybridized carbons (Fsp3) is 0.875. The maximum absolute atomic E-state index is 10.5. The molecule has 1 amide bonds. The quantitative estimate of drug-likeness (QED) is 0.611. The highest BCUT2D eigenvalue weighted by Crippen LogP contribution is 2.13. The van der Waals surface area contributed by atoms with Crippen molar-refractivity contribution in [3.05, 3.63) is 0 Å². The summed E-state index contributed by atoms with van der Waals surface area (Å²) >= 11 is 0. The van der Waals surface area contributed by atoms with E-state index in [1.54, 1.807) is 12.1 Å². The van der Waals surface area contributed by atoms with E-state index in [9.17, 15) is 4.79 Å². The smallest absolute Gasteiger partial charge is 0.407 e. The Hall–Kier alpha value is -0.810. The number of hydrazine groups is 1. The van der Waals surface area contributed by atoms with Crippen LogP contribution in [0, 0.1) is 0 Å². The minimum atomic E-state index is -0.890. The molecule has 0 aromatic heterocycles. The molecule has 1 saturated heterocycles. The van der Waals surface area contributed by atoms with Gasteiger partial charge in [-0.2, -0.15) is 0 Å². The van der Waals surface area contributed by atoms with E-state index in [0.29, 0.717) is 6.54 Å². The largest absolute Gasteiger partial charge is 0.465 e. The first kappa shape index (κ1) is 10.3. The van der Waals surface area contributed by atoms with Crippen LogP contribution in [0.5, 0.6) is 0 Å². The third-order valence-corrected chi connectivity index (χ3v) is 2.48. The van der Waals surface area contributed by atoms with Gasteiger partial charge in [0.1, 0.15) is 0 Å². The first-order chi connectivity index (χ1) is 6.11. The highest BCUT2D eigenvalue weighted by atomic mass is 16.4. The fourth-order valence-electron chi connectivity index (χ4n) is 1.61. The number of likely N-dealkylation sites (N-methyl/N-ethyl adjacent to an activating group) is 1. The van der Waals surface area contributed by atoms with Crippen molar-refractivity contribution < 1.29 is 9.90 Å². The van der Waals surface area contributed by atoms with Crippen LogP contribution in [-0.2, 0) is 0 Å². The van der Waals surface area contributed by atoms with Gasteiger partial charge in [-0.05, 0) is 12.8 Å². The molecule has 1 aliphatic rings. The lowest BCUT2D eigenvalue weighted by atomic mass is 10.0. The molecule has 0 bridgehead atoms. The molecule has 5 heteroatoms. The first-order valence-electron chi connectivity index (χ1n) is 4.56. The van der Waals surface area contributed by atoms with Gasteiger partial charge in [-0.1, -0.05) is 6.42 Å². The van der Waals surface area contributed by atoms with E-state index in [-0.39, 0.29) is 6.04 Å². The van der Waals surface area contributed by atoms with Crippen molar-refractivity contribution in [2.24, 2.45) is 5.84 Å². The Labute approximate surface area is 78.1 Å². The second-order valence-corrected chi connectivity index (χ2v) is 3.55. The summed E-state index contributed by atoms with van der Waals surface area (Å²) < 4.78 is 0. The Morgan fingerprint density at radius 3 is 2.92 bits per heavy atom. The number of amides is 1. The van der Waals surface area contributed by atoms with Crippen LogP contribution in [0.1, 0.15) is 19.3 Å². The Kier molecular flexibility index (Phi) is 3.50. The van der Waals surface area contributed by atoms with Crippen LogP contribution in [0.25, 0.3) is 0 Å². The Balaban J connectivity index is 2.37. The number of hydrogen-bond acceptors (Lipinski definition) is 3. The van der Waals surface area contributed by atoms with Crippen LogP contribution in [-0.4, -0.2) is 47.3 Å². The van der Waals surface area contributed by atoms with Crippen LogP contribution in [0.15, 0.2) is 0 Å². The number of carboxylic acid groups (broad SMARTS) is 1. The van der Waals surface area contributed by atoms with E-state index in [1.807, 2.05) is 0 Å². The standard InChI is InChI=1S/C8H17N3O2/c1-10(8(12)13)6-7-4-2-3-5-11(7)9/h7H,2-6,9H2,1H3,(H,12,13). The van der Waals surface area contributed by atoms with Crippen molar-refractivity contribution in [1.29, 1.82) is 0 Å². The van der Waals surface area contributed by atoms with Crippen molar-refractivity contribution in [2.45, 2.75) is 25.3 Å². The molecule has 1 unspecified atom stereocenters. The van der Waals surface area contributed by atoms with E-state index in [4.69, 9.17) is 10.9 Å². The molecule has 0 spiro atoms. The van der Waals surface area contributed by atoms with Crippen LogP contribution < -0.4 is 5.84 Å². The monoisotopic (exact) mass is 187 g/mol. The Morgan fingerprint density at radius 2 is 2.38 bits per heavy atom. The van der Waals surface area contributed by atoms with Gasteiger partial charge in [0.25, 0.3) is 0 Å². The zero-order chi connectivity index (χ0) is 9.84. The van der Waals surface area contributed by atoms with Crippen molar-refractivity contribution in [1.82, 2.24) is 9.91 Å². The van der Waals surface area contributed by atoms with Gasteiger partial charge in [0.05, 0.1) is 0 Å². The number of piperidine rings is 1. The molecule has 1 atom stereocenters. The minimum absolute atomic E-state index is 0.190. The lowest BCUT2D eigenvalue weighted by Gasteiger charge is -2.33. The summed E-state index contributed by atoms with van der Waals surface area (Å²) in [5.74, 6) is 5.74. The number of nitrogens with two attached hydrogens (primary N) is 1. The topological polar surface area (TPSA) is 69.8 Å². The van der Waals surface area contributed by atoms with E-state index < -0.39 is 6.09 Å².